The van der Waals surface area contributed by atoms with Crippen molar-refractivity contribution in [3.8, 4) is 0 Å². The van der Waals surface area contributed by atoms with E-state index in [1.165, 1.54) is 7.11 Å². The largest absolute Gasteiger partial charge is 0.469 e. The van der Waals surface area contributed by atoms with Crippen LogP contribution in [0.15, 0.2) is 54.6 Å². The Morgan fingerprint density at radius 1 is 0.926 bits per heavy atom. The standard InChI is InChI=1S/C21H22ClNO4/c1-27-21(26)13-14-23(15-16-5-3-2-4-6-16)20(25)12-11-19(24)17-7-9-18(22)10-8-17/h2-10H,11-15H2,1H3. The van der Waals surface area contributed by atoms with Gasteiger partial charge in [0.1, 0.15) is 0 Å². The highest BCUT2D eigenvalue weighted by molar-refractivity contribution is 6.30. The van der Waals surface area contributed by atoms with Gasteiger partial charge in [-0.25, -0.2) is 0 Å². The molecule has 5 nitrogen and oxygen atoms in total. The molecule has 2 aromatic rings. The number of hydrogen-bond donors (Lipinski definition) is 0. The van der Waals surface area contributed by atoms with Gasteiger partial charge in [0.25, 0.3) is 0 Å². The van der Waals surface area contributed by atoms with Crippen LogP contribution in [0.4, 0.5) is 0 Å². The molecule has 0 N–H and O–H groups in total. The molecule has 2 aromatic carbocycles. The number of ketones is 1. The minimum atomic E-state index is -0.377. The third kappa shape index (κ3) is 6.87. The molecule has 0 saturated carbocycles. The van der Waals surface area contributed by atoms with Crippen LogP contribution in [0, 0.1) is 0 Å². The summed E-state index contributed by atoms with van der Waals surface area (Å²) in [4.78, 5) is 37.9. The number of carbonyl (C=O) groups excluding carboxylic acids is 3. The Morgan fingerprint density at radius 2 is 1.59 bits per heavy atom. The van der Waals surface area contributed by atoms with E-state index in [9.17, 15) is 14.4 Å². The predicted octanol–water partition coefficient (Wildman–Crippen LogP) is 3.89. The topological polar surface area (TPSA) is 63.7 Å². The maximum Gasteiger partial charge on any atom is 0.307 e. The van der Waals surface area contributed by atoms with Crippen LogP contribution >= 0.6 is 11.6 Å². The van der Waals surface area contributed by atoms with Crippen molar-refractivity contribution in [2.24, 2.45) is 0 Å². The van der Waals surface area contributed by atoms with E-state index in [2.05, 4.69) is 4.74 Å². The summed E-state index contributed by atoms with van der Waals surface area (Å²) in [6.07, 6.45) is 0.291. The first-order valence-corrected chi connectivity index (χ1v) is 9.04. The van der Waals surface area contributed by atoms with Crippen LogP contribution in [0.25, 0.3) is 0 Å². The summed E-state index contributed by atoms with van der Waals surface area (Å²) in [5.74, 6) is -0.671. The van der Waals surface area contributed by atoms with Crippen LogP contribution in [0.1, 0.15) is 35.2 Å². The second kappa shape index (κ2) is 10.5. The summed E-state index contributed by atoms with van der Waals surface area (Å²) in [6, 6.07) is 16.1. The lowest BCUT2D eigenvalue weighted by molar-refractivity contribution is -0.142. The fourth-order valence-electron chi connectivity index (χ4n) is 2.58. The number of methoxy groups -OCH3 is 1. The molecule has 0 aliphatic heterocycles. The molecule has 6 heteroatoms. The molecule has 1 amide bonds. The van der Waals surface area contributed by atoms with Gasteiger partial charge in [-0.2, -0.15) is 0 Å². The van der Waals surface area contributed by atoms with Crippen LogP contribution in [-0.4, -0.2) is 36.2 Å². The number of carbonyl (C=O) groups is 3. The van der Waals surface area contributed by atoms with Crippen molar-refractivity contribution in [1.82, 2.24) is 4.90 Å². The van der Waals surface area contributed by atoms with Gasteiger partial charge in [0, 0.05) is 36.5 Å². The molecule has 0 saturated heterocycles. The third-order valence-electron chi connectivity index (χ3n) is 4.11. The maximum absolute atomic E-state index is 12.6. The number of esters is 1. The van der Waals surface area contributed by atoms with Gasteiger partial charge in [0.15, 0.2) is 5.78 Å². The number of benzene rings is 2. The molecule has 0 aliphatic carbocycles. The van der Waals surface area contributed by atoms with Gasteiger partial charge < -0.3 is 9.64 Å². The lowest BCUT2D eigenvalue weighted by Crippen LogP contribution is -2.33. The van der Waals surface area contributed by atoms with Crippen molar-refractivity contribution in [1.29, 1.82) is 0 Å². The first kappa shape index (κ1) is 20.6. The normalized spacial score (nSPS) is 10.3. The second-order valence-electron chi connectivity index (χ2n) is 6.06. The zero-order valence-corrected chi connectivity index (χ0v) is 15.9. The van der Waals surface area contributed by atoms with Crippen LogP contribution < -0.4 is 0 Å². The van der Waals surface area contributed by atoms with Gasteiger partial charge in [-0.05, 0) is 29.8 Å². The van der Waals surface area contributed by atoms with E-state index >= 15 is 0 Å². The second-order valence-corrected chi connectivity index (χ2v) is 6.49. The van der Waals surface area contributed by atoms with E-state index in [1.54, 1.807) is 29.2 Å². The van der Waals surface area contributed by atoms with Crippen molar-refractivity contribution in [3.63, 3.8) is 0 Å². The average Bonchev–Trinajstić information content (AvgIpc) is 2.70. The first-order chi connectivity index (χ1) is 13.0. The van der Waals surface area contributed by atoms with Gasteiger partial charge in [-0.1, -0.05) is 41.9 Å². The van der Waals surface area contributed by atoms with Crippen LogP contribution in [-0.2, 0) is 20.9 Å². The van der Waals surface area contributed by atoms with Crippen LogP contribution in [0.3, 0.4) is 0 Å². The number of hydrogen-bond acceptors (Lipinski definition) is 4. The van der Waals surface area contributed by atoms with Gasteiger partial charge in [0.2, 0.25) is 5.91 Å². The Balaban J connectivity index is 1.97. The molecule has 0 unspecified atom stereocenters. The fraction of sp³-hybridized carbons (Fsp3) is 0.286. The molecular weight excluding hydrogens is 366 g/mol. The fourth-order valence-corrected chi connectivity index (χ4v) is 2.71. The summed E-state index contributed by atoms with van der Waals surface area (Å²) in [6.45, 7) is 0.626. The van der Waals surface area contributed by atoms with E-state index in [0.717, 1.165) is 5.56 Å². The van der Waals surface area contributed by atoms with Crippen LogP contribution in [0.5, 0.6) is 0 Å². The minimum absolute atomic E-state index is 0.0788. The highest BCUT2D eigenvalue weighted by atomic mass is 35.5. The van der Waals surface area contributed by atoms with E-state index in [4.69, 9.17) is 11.6 Å². The van der Waals surface area contributed by atoms with Crippen molar-refractivity contribution in [2.75, 3.05) is 13.7 Å². The zero-order chi connectivity index (χ0) is 19.6. The number of ether oxygens (including phenoxy) is 1. The molecule has 0 fully saturated rings. The highest BCUT2D eigenvalue weighted by Gasteiger charge is 2.17. The monoisotopic (exact) mass is 387 g/mol. The Hall–Kier alpha value is -2.66. The Kier molecular flexibility index (Phi) is 8.01. The zero-order valence-electron chi connectivity index (χ0n) is 15.2. The number of halogens is 1. The van der Waals surface area contributed by atoms with Crippen LogP contribution in [0.2, 0.25) is 5.02 Å². The van der Waals surface area contributed by atoms with Gasteiger partial charge in [-0.3, -0.25) is 14.4 Å². The molecule has 142 valence electrons. The van der Waals surface area contributed by atoms with Gasteiger partial charge in [-0.15, -0.1) is 0 Å². The average molecular weight is 388 g/mol. The van der Waals surface area contributed by atoms with Crippen molar-refractivity contribution in [2.45, 2.75) is 25.8 Å². The highest BCUT2D eigenvalue weighted by Crippen LogP contribution is 2.13. The number of amides is 1. The number of Topliss-reactive ketones (excluding diaryl/α,β-unsaturated/α-hetero) is 1. The SMILES string of the molecule is COC(=O)CCN(Cc1ccccc1)C(=O)CCC(=O)c1ccc(Cl)cc1. The third-order valence-corrected chi connectivity index (χ3v) is 4.37. The molecule has 0 radical (unpaired) electrons. The van der Waals surface area contributed by atoms with E-state index in [-0.39, 0.29) is 43.5 Å². The van der Waals surface area contributed by atoms with E-state index in [1.807, 2.05) is 30.3 Å². The Bertz CT molecular complexity index is 775. The molecule has 0 atom stereocenters. The van der Waals surface area contributed by atoms with Gasteiger partial charge >= 0.3 is 5.97 Å². The Morgan fingerprint density at radius 3 is 2.22 bits per heavy atom. The molecule has 0 bridgehead atoms. The van der Waals surface area contributed by atoms with Crippen molar-refractivity contribution in [3.05, 3.63) is 70.7 Å². The molecule has 0 heterocycles. The molecule has 0 aromatic heterocycles. The summed E-state index contributed by atoms with van der Waals surface area (Å²) < 4.78 is 4.65. The quantitative estimate of drug-likeness (QED) is 0.483. The molecule has 0 aliphatic rings. The maximum atomic E-state index is 12.6. The minimum Gasteiger partial charge on any atom is -0.469 e. The smallest absolute Gasteiger partial charge is 0.307 e. The van der Waals surface area contributed by atoms with Gasteiger partial charge in [0.05, 0.1) is 13.5 Å². The molecular formula is C21H22ClNO4. The Labute approximate surface area is 163 Å². The van der Waals surface area contributed by atoms with E-state index in [0.29, 0.717) is 17.1 Å². The van der Waals surface area contributed by atoms with E-state index < -0.39 is 0 Å². The summed E-state index contributed by atoms with van der Waals surface area (Å²) in [5, 5.41) is 0.555. The summed E-state index contributed by atoms with van der Waals surface area (Å²) in [7, 11) is 1.32. The summed E-state index contributed by atoms with van der Waals surface area (Å²) >= 11 is 5.82. The first-order valence-electron chi connectivity index (χ1n) is 8.67. The lowest BCUT2D eigenvalue weighted by Gasteiger charge is -2.22. The molecule has 27 heavy (non-hydrogen) atoms. The molecule has 2 rings (SSSR count). The van der Waals surface area contributed by atoms with Crippen molar-refractivity contribution < 1.29 is 19.1 Å². The number of rotatable bonds is 9. The van der Waals surface area contributed by atoms with Crippen molar-refractivity contribution >= 4 is 29.3 Å². The lowest BCUT2D eigenvalue weighted by atomic mass is 10.1. The number of nitrogens with zero attached hydrogens (tertiary/aromatic N) is 1. The predicted molar refractivity (Wildman–Crippen MR) is 104 cm³/mol. The molecule has 0 spiro atoms. The summed E-state index contributed by atoms with van der Waals surface area (Å²) in [5.41, 5.74) is 1.48.